The van der Waals surface area contributed by atoms with Gasteiger partial charge >= 0.3 is 5.97 Å². The minimum atomic E-state index is -0.365. The van der Waals surface area contributed by atoms with E-state index in [1.807, 2.05) is 25.1 Å². The summed E-state index contributed by atoms with van der Waals surface area (Å²) in [5.41, 5.74) is 2.22. The van der Waals surface area contributed by atoms with E-state index in [1.54, 1.807) is 0 Å². The minimum Gasteiger partial charge on any atom is -0.482 e. The molecule has 0 aliphatic carbocycles. The molecular formula is C13H18O3. The quantitative estimate of drug-likeness (QED) is 0.735. The Morgan fingerprint density at radius 3 is 2.62 bits per heavy atom. The van der Waals surface area contributed by atoms with Crippen molar-refractivity contribution in [2.75, 3.05) is 13.7 Å². The Kier molecular flexibility index (Phi) is 4.35. The smallest absolute Gasteiger partial charge is 0.343 e. The Morgan fingerprint density at radius 2 is 2.06 bits per heavy atom. The highest BCUT2D eigenvalue weighted by Gasteiger charge is 2.09. The van der Waals surface area contributed by atoms with Gasteiger partial charge in [0, 0.05) is 0 Å². The van der Waals surface area contributed by atoms with E-state index in [0.29, 0.717) is 5.92 Å². The topological polar surface area (TPSA) is 35.5 Å². The highest BCUT2D eigenvalue weighted by Crippen LogP contribution is 2.27. The van der Waals surface area contributed by atoms with Crippen LogP contribution in [-0.4, -0.2) is 19.7 Å². The van der Waals surface area contributed by atoms with Gasteiger partial charge in [0.15, 0.2) is 6.61 Å². The van der Waals surface area contributed by atoms with Crippen molar-refractivity contribution in [2.24, 2.45) is 0 Å². The van der Waals surface area contributed by atoms with Crippen LogP contribution in [-0.2, 0) is 9.53 Å². The van der Waals surface area contributed by atoms with Gasteiger partial charge in [-0.2, -0.15) is 0 Å². The molecule has 1 aromatic carbocycles. The summed E-state index contributed by atoms with van der Waals surface area (Å²) in [5.74, 6) is 0.768. The number of aryl methyl sites for hydroxylation is 1. The largest absolute Gasteiger partial charge is 0.482 e. The van der Waals surface area contributed by atoms with Crippen LogP contribution in [0, 0.1) is 6.92 Å². The zero-order valence-corrected chi connectivity index (χ0v) is 10.2. The molecule has 0 saturated carbocycles. The molecule has 0 aromatic heterocycles. The Morgan fingerprint density at radius 1 is 1.38 bits per heavy atom. The van der Waals surface area contributed by atoms with Crippen LogP contribution >= 0.6 is 0 Å². The summed E-state index contributed by atoms with van der Waals surface area (Å²) in [6, 6.07) is 6.02. The molecular weight excluding hydrogens is 204 g/mol. The number of hydrogen-bond acceptors (Lipinski definition) is 3. The molecule has 0 N–H and O–H groups in total. The first kappa shape index (κ1) is 12.6. The van der Waals surface area contributed by atoms with Gasteiger partial charge in [0.25, 0.3) is 0 Å². The molecule has 0 saturated heterocycles. The highest BCUT2D eigenvalue weighted by molar-refractivity contribution is 5.71. The molecule has 3 heteroatoms. The SMILES string of the molecule is COC(=O)COc1cc(C)ccc1C(C)C. The molecule has 1 rings (SSSR count). The normalized spacial score (nSPS) is 10.3. The van der Waals surface area contributed by atoms with Crippen molar-refractivity contribution in [3.63, 3.8) is 0 Å². The van der Waals surface area contributed by atoms with E-state index in [4.69, 9.17) is 4.74 Å². The molecule has 0 spiro atoms. The Bertz CT molecular complexity index is 369. The first-order valence-electron chi connectivity index (χ1n) is 5.34. The minimum absolute atomic E-state index is 0.0420. The molecule has 1 aromatic rings. The number of carbonyl (C=O) groups is 1. The van der Waals surface area contributed by atoms with Crippen LogP contribution in [0.4, 0.5) is 0 Å². The number of methoxy groups -OCH3 is 1. The summed E-state index contributed by atoms with van der Waals surface area (Å²) in [6.07, 6.45) is 0. The van der Waals surface area contributed by atoms with Gasteiger partial charge in [-0.1, -0.05) is 26.0 Å². The maximum atomic E-state index is 11.0. The van der Waals surface area contributed by atoms with Crippen LogP contribution in [0.1, 0.15) is 30.9 Å². The lowest BCUT2D eigenvalue weighted by Gasteiger charge is -2.14. The maximum absolute atomic E-state index is 11.0. The lowest BCUT2D eigenvalue weighted by Crippen LogP contribution is -2.13. The van der Waals surface area contributed by atoms with Crippen molar-refractivity contribution in [2.45, 2.75) is 26.7 Å². The molecule has 0 heterocycles. The molecule has 88 valence electrons. The number of ether oxygens (including phenoxy) is 2. The average molecular weight is 222 g/mol. The zero-order chi connectivity index (χ0) is 12.1. The number of carbonyl (C=O) groups excluding carboxylic acids is 1. The molecule has 0 aliphatic heterocycles. The molecule has 0 fully saturated rings. The Hall–Kier alpha value is -1.51. The zero-order valence-electron chi connectivity index (χ0n) is 10.2. The van der Waals surface area contributed by atoms with Gasteiger partial charge in [0.05, 0.1) is 7.11 Å². The van der Waals surface area contributed by atoms with Crippen LogP contribution in [0.15, 0.2) is 18.2 Å². The fourth-order valence-electron chi connectivity index (χ4n) is 1.44. The summed E-state index contributed by atoms with van der Waals surface area (Å²) in [6.45, 7) is 6.14. The van der Waals surface area contributed by atoms with Gasteiger partial charge in [-0.3, -0.25) is 0 Å². The molecule has 0 radical (unpaired) electrons. The first-order chi connectivity index (χ1) is 7.54. The van der Waals surface area contributed by atoms with Crippen molar-refractivity contribution in [3.8, 4) is 5.75 Å². The third-order valence-corrected chi connectivity index (χ3v) is 2.36. The number of esters is 1. The van der Waals surface area contributed by atoms with E-state index in [1.165, 1.54) is 7.11 Å². The van der Waals surface area contributed by atoms with Crippen LogP contribution < -0.4 is 4.74 Å². The van der Waals surface area contributed by atoms with E-state index >= 15 is 0 Å². The first-order valence-corrected chi connectivity index (χ1v) is 5.34. The van der Waals surface area contributed by atoms with Crippen LogP contribution in [0.5, 0.6) is 5.75 Å². The summed E-state index contributed by atoms with van der Waals surface area (Å²) in [7, 11) is 1.35. The van der Waals surface area contributed by atoms with Crippen molar-refractivity contribution >= 4 is 5.97 Å². The summed E-state index contributed by atoms with van der Waals surface area (Å²) < 4.78 is 10.00. The van der Waals surface area contributed by atoms with Crippen molar-refractivity contribution in [3.05, 3.63) is 29.3 Å². The third-order valence-electron chi connectivity index (χ3n) is 2.36. The standard InChI is InChI=1S/C13H18O3/c1-9(2)11-6-5-10(3)7-12(11)16-8-13(14)15-4/h5-7,9H,8H2,1-4H3. The fourth-order valence-corrected chi connectivity index (χ4v) is 1.44. The van der Waals surface area contributed by atoms with Crippen LogP contribution in [0.2, 0.25) is 0 Å². The van der Waals surface area contributed by atoms with Gasteiger partial charge in [0.1, 0.15) is 5.75 Å². The van der Waals surface area contributed by atoms with Gasteiger partial charge in [0.2, 0.25) is 0 Å². The fraction of sp³-hybridized carbons (Fsp3) is 0.462. The lowest BCUT2D eigenvalue weighted by molar-refractivity contribution is -0.142. The summed E-state index contributed by atoms with van der Waals surface area (Å²) in [4.78, 5) is 11.0. The summed E-state index contributed by atoms with van der Waals surface area (Å²) >= 11 is 0. The predicted molar refractivity (Wildman–Crippen MR) is 62.8 cm³/mol. The van der Waals surface area contributed by atoms with Crippen molar-refractivity contribution in [1.82, 2.24) is 0 Å². The van der Waals surface area contributed by atoms with Gasteiger partial charge < -0.3 is 9.47 Å². The highest BCUT2D eigenvalue weighted by atomic mass is 16.6. The molecule has 0 unspecified atom stereocenters. The van der Waals surface area contributed by atoms with Crippen LogP contribution in [0.25, 0.3) is 0 Å². The summed E-state index contributed by atoms with van der Waals surface area (Å²) in [5, 5.41) is 0. The number of benzene rings is 1. The molecule has 0 atom stereocenters. The Labute approximate surface area is 96.4 Å². The molecule has 3 nitrogen and oxygen atoms in total. The molecule has 0 amide bonds. The van der Waals surface area contributed by atoms with Gasteiger partial charge in [-0.15, -0.1) is 0 Å². The second-order valence-corrected chi connectivity index (χ2v) is 4.06. The number of rotatable bonds is 4. The lowest BCUT2D eigenvalue weighted by atomic mass is 10.0. The predicted octanol–water partition coefficient (Wildman–Crippen LogP) is 2.67. The third kappa shape index (κ3) is 3.26. The average Bonchev–Trinajstić information content (AvgIpc) is 2.25. The molecule has 0 bridgehead atoms. The van der Waals surface area contributed by atoms with E-state index in [2.05, 4.69) is 18.6 Å². The van der Waals surface area contributed by atoms with Crippen molar-refractivity contribution < 1.29 is 14.3 Å². The van der Waals surface area contributed by atoms with E-state index < -0.39 is 0 Å². The van der Waals surface area contributed by atoms with E-state index in [-0.39, 0.29) is 12.6 Å². The monoisotopic (exact) mass is 222 g/mol. The maximum Gasteiger partial charge on any atom is 0.343 e. The van der Waals surface area contributed by atoms with E-state index in [0.717, 1.165) is 16.9 Å². The number of hydrogen-bond donors (Lipinski definition) is 0. The van der Waals surface area contributed by atoms with Gasteiger partial charge in [-0.25, -0.2) is 4.79 Å². The second kappa shape index (κ2) is 5.54. The van der Waals surface area contributed by atoms with E-state index in [9.17, 15) is 4.79 Å². The Balaban J connectivity index is 2.84. The van der Waals surface area contributed by atoms with Gasteiger partial charge in [-0.05, 0) is 30.0 Å². The van der Waals surface area contributed by atoms with Crippen molar-refractivity contribution in [1.29, 1.82) is 0 Å². The molecule has 0 aliphatic rings. The molecule has 16 heavy (non-hydrogen) atoms. The van der Waals surface area contributed by atoms with Crippen LogP contribution in [0.3, 0.4) is 0 Å². The second-order valence-electron chi connectivity index (χ2n) is 4.06.